The lowest BCUT2D eigenvalue weighted by atomic mass is 10.2. The largest absolute Gasteiger partial charge is 0.472 e. The Morgan fingerprint density at radius 2 is 2.09 bits per heavy atom. The number of rotatable bonds is 4. The van der Waals surface area contributed by atoms with Gasteiger partial charge in [-0.25, -0.2) is 9.78 Å². The second kappa shape index (κ2) is 7.13. The highest BCUT2D eigenvalue weighted by Crippen LogP contribution is 2.17. The zero-order valence-electron chi connectivity index (χ0n) is 13.2. The summed E-state index contributed by atoms with van der Waals surface area (Å²) in [7, 11) is 0. The third kappa shape index (κ3) is 4.22. The Hall–Kier alpha value is -2.56. The Labute approximate surface area is 136 Å². The van der Waals surface area contributed by atoms with E-state index in [0.717, 1.165) is 17.7 Å². The Kier molecular flexibility index (Phi) is 4.76. The fourth-order valence-electron chi connectivity index (χ4n) is 2.65. The van der Waals surface area contributed by atoms with Crippen molar-refractivity contribution < 1.29 is 9.53 Å². The van der Waals surface area contributed by atoms with E-state index in [1.54, 1.807) is 4.90 Å². The number of nitrogens with zero attached hydrogens (tertiary/aromatic N) is 2. The standard InChI is InChI=1S/C18H21N3O2/c1-14-6-5-9-17(20-14)23-16-10-11-21(13-16)18(22)19-12-15-7-3-2-4-8-15/h2-9,16H,10-13H2,1H3,(H,19,22). The molecule has 1 atom stereocenters. The van der Waals surface area contributed by atoms with Crippen molar-refractivity contribution in [3.05, 3.63) is 59.8 Å². The molecule has 1 aliphatic heterocycles. The molecule has 5 nitrogen and oxygen atoms in total. The van der Waals surface area contributed by atoms with E-state index in [-0.39, 0.29) is 12.1 Å². The number of carbonyl (C=O) groups excluding carboxylic acids is 1. The lowest BCUT2D eigenvalue weighted by molar-refractivity contribution is 0.183. The maximum absolute atomic E-state index is 12.2. The number of amides is 2. The van der Waals surface area contributed by atoms with E-state index in [1.165, 1.54) is 0 Å². The first kappa shape index (κ1) is 15.3. The monoisotopic (exact) mass is 311 g/mol. The number of nitrogens with one attached hydrogen (secondary N) is 1. The van der Waals surface area contributed by atoms with Gasteiger partial charge >= 0.3 is 6.03 Å². The average Bonchev–Trinajstić information content (AvgIpc) is 3.02. The van der Waals surface area contributed by atoms with Crippen molar-refractivity contribution in [2.75, 3.05) is 13.1 Å². The van der Waals surface area contributed by atoms with Crippen molar-refractivity contribution in [3.63, 3.8) is 0 Å². The number of hydrogen-bond acceptors (Lipinski definition) is 3. The van der Waals surface area contributed by atoms with Gasteiger partial charge in [-0.1, -0.05) is 36.4 Å². The molecule has 3 rings (SSSR count). The SMILES string of the molecule is Cc1cccc(OC2CCN(C(=O)NCc3ccccc3)C2)n1. The first-order valence-corrected chi connectivity index (χ1v) is 7.88. The molecule has 0 saturated carbocycles. The summed E-state index contributed by atoms with van der Waals surface area (Å²) in [5.41, 5.74) is 2.02. The zero-order chi connectivity index (χ0) is 16.1. The lowest BCUT2D eigenvalue weighted by Gasteiger charge is -2.18. The quantitative estimate of drug-likeness (QED) is 0.944. The normalized spacial score (nSPS) is 17.1. The van der Waals surface area contributed by atoms with Crippen LogP contribution >= 0.6 is 0 Å². The maximum Gasteiger partial charge on any atom is 0.317 e. The van der Waals surface area contributed by atoms with Crippen LogP contribution in [0.25, 0.3) is 0 Å². The van der Waals surface area contributed by atoms with E-state index in [1.807, 2.05) is 55.5 Å². The Morgan fingerprint density at radius 1 is 1.26 bits per heavy atom. The van der Waals surface area contributed by atoms with Crippen molar-refractivity contribution in [1.82, 2.24) is 15.2 Å². The number of carbonyl (C=O) groups is 1. The summed E-state index contributed by atoms with van der Waals surface area (Å²) >= 11 is 0. The molecule has 0 bridgehead atoms. The van der Waals surface area contributed by atoms with Gasteiger partial charge in [0.2, 0.25) is 5.88 Å². The van der Waals surface area contributed by atoms with Crippen LogP contribution in [0.15, 0.2) is 48.5 Å². The van der Waals surface area contributed by atoms with Crippen LogP contribution in [0.3, 0.4) is 0 Å². The van der Waals surface area contributed by atoms with Crippen LogP contribution in [0.4, 0.5) is 4.79 Å². The molecule has 120 valence electrons. The number of likely N-dealkylation sites (tertiary alicyclic amines) is 1. The third-order valence-electron chi connectivity index (χ3n) is 3.87. The fraction of sp³-hybridized carbons (Fsp3) is 0.333. The van der Waals surface area contributed by atoms with Crippen LogP contribution in [-0.4, -0.2) is 35.1 Å². The molecule has 1 aromatic heterocycles. The molecule has 1 aliphatic rings. The first-order valence-electron chi connectivity index (χ1n) is 7.88. The number of ether oxygens (including phenoxy) is 1. The van der Waals surface area contributed by atoms with Gasteiger partial charge in [-0.2, -0.15) is 0 Å². The molecule has 0 spiro atoms. The maximum atomic E-state index is 12.2. The molecule has 1 saturated heterocycles. The highest BCUT2D eigenvalue weighted by Gasteiger charge is 2.27. The van der Waals surface area contributed by atoms with Gasteiger partial charge in [0.15, 0.2) is 0 Å². The van der Waals surface area contributed by atoms with Gasteiger partial charge in [-0.3, -0.25) is 0 Å². The van der Waals surface area contributed by atoms with Crippen molar-refractivity contribution >= 4 is 6.03 Å². The number of urea groups is 1. The van der Waals surface area contributed by atoms with Gasteiger partial charge in [0.1, 0.15) is 6.10 Å². The minimum absolute atomic E-state index is 0.00627. The molecule has 23 heavy (non-hydrogen) atoms. The Bertz CT molecular complexity index is 660. The van der Waals surface area contributed by atoms with Crippen molar-refractivity contribution in [2.24, 2.45) is 0 Å². The van der Waals surface area contributed by atoms with Gasteiger partial charge in [-0.15, -0.1) is 0 Å². The average molecular weight is 311 g/mol. The molecule has 2 heterocycles. The third-order valence-corrected chi connectivity index (χ3v) is 3.87. The molecule has 1 unspecified atom stereocenters. The van der Waals surface area contributed by atoms with Crippen LogP contribution in [0, 0.1) is 6.92 Å². The summed E-state index contributed by atoms with van der Waals surface area (Å²) < 4.78 is 5.87. The smallest absolute Gasteiger partial charge is 0.317 e. The second-order valence-electron chi connectivity index (χ2n) is 5.74. The number of pyridine rings is 1. The van der Waals surface area contributed by atoms with Crippen LogP contribution in [0.2, 0.25) is 0 Å². The molecule has 1 aromatic carbocycles. The summed E-state index contributed by atoms with van der Waals surface area (Å²) in [6.07, 6.45) is 0.834. The van der Waals surface area contributed by atoms with Gasteiger partial charge in [0.25, 0.3) is 0 Å². The van der Waals surface area contributed by atoms with Crippen LogP contribution in [-0.2, 0) is 6.54 Å². The van der Waals surface area contributed by atoms with E-state index in [0.29, 0.717) is 25.5 Å². The van der Waals surface area contributed by atoms with E-state index < -0.39 is 0 Å². The number of aromatic nitrogens is 1. The molecule has 2 aromatic rings. The number of benzene rings is 1. The molecule has 0 radical (unpaired) electrons. The molecule has 2 amide bonds. The van der Waals surface area contributed by atoms with E-state index >= 15 is 0 Å². The molecule has 1 fully saturated rings. The van der Waals surface area contributed by atoms with Crippen molar-refractivity contribution in [2.45, 2.75) is 26.0 Å². The topological polar surface area (TPSA) is 54.5 Å². The minimum Gasteiger partial charge on any atom is -0.472 e. The van der Waals surface area contributed by atoms with E-state index in [9.17, 15) is 4.79 Å². The molecule has 5 heteroatoms. The Balaban J connectivity index is 1.48. The summed E-state index contributed by atoms with van der Waals surface area (Å²) in [4.78, 5) is 18.4. The molecular weight excluding hydrogens is 290 g/mol. The van der Waals surface area contributed by atoms with Gasteiger partial charge in [0, 0.05) is 31.3 Å². The summed E-state index contributed by atoms with van der Waals surface area (Å²) in [5, 5.41) is 2.95. The van der Waals surface area contributed by atoms with Crippen molar-refractivity contribution in [1.29, 1.82) is 0 Å². The van der Waals surface area contributed by atoms with Crippen LogP contribution < -0.4 is 10.1 Å². The molecular formula is C18H21N3O2. The summed E-state index contributed by atoms with van der Waals surface area (Å²) in [6, 6.07) is 15.6. The number of aryl methyl sites for hydroxylation is 1. The highest BCUT2D eigenvalue weighted by atomic mass is 16.5. The summed E-state index contributed by atoms with van der Waals surface area (Å²) in [5.74, 6) is 0.626. The minimum atomic E-state index is -0.0443. The first-order chi connectivity index (χ1) is 11.2. The van der Waals surface area contributed by atoms with Gasteiger partial charge < -0.3 is 15.0 Å². The summed E-state index contributed by atoms with van der Waals surface area (Å²) in [6.45, 7) is 3.78. The van der Waals surface area contributed by atoms with Crippen LogP contribution in [0.5, 0.6) is 5.88 Å². The fourth-order valence-corrected chi connectivity index (χ4v) is 2.65. The molecule has 0 aliphatic carbocycles. The Morgan fingerprint density at radius 3 is 2.87 bits per heavy atom. The second-order valence-corrected chi connectivity index (χ2v) is 5.74. The van der Waals surface area contributed by atoms with Crippen LogP contribution in [0.1, 0.15) is 17.7 Å². The van der Waals surface area contributed by atoms with Crippen molar-refractivity contribution in [3.8, 4) is 5.88 Å². The molecule has 1 N–H and O–H groups in total. The zero-order valence-corrected chi connectivity index (χ0v) is 13.2. The van der Waals surface area contributed by atoms with E-state index in [4.69, 9.17) is 4.74 Å². The highest BCUT2D eigenvalue weighted by molar-refractivity contribution is 5.74. The predicted octanol–water partition coefficient (Wildman–Crippen LogP) is 2.75. The van der Waals surface area contributed by atoms with Gasteiger partial charge in [-0.05, 0) is 18.6 Å². The lowest BCUT2D eigenvalue weighted by Crippen LogP contribution is -2.39. The predicted molar refractivity (Wildman–Crippen MR) is 88.3 cm³/mol. The number of hydrogen-bond donors (Lipinski definition) is 1. The van der Waals surface area contributed by atoms with E-state index in [2.05, 4.69) is 10.3 Å². The van der Waals surface area contributed by atoms with Gasteiger partial charge in [0.05, 0.1) is 6.54 Å².